The first kappa shape index (κ1) is 19.6. The van der Waals surface area contributed by atoms with E-state index in [0.29, 0.717) is 12.5 Å². The molecule has 1 aromatic rings. The van der Waals surface area contributed by atoms with E-state index in [-0.39, 0.29) is 12.2 Å². The maximum Gasteiger partial charge on any atom is 0.410 e. The van der Waals surface area contributed by atoms with E-state index in [9.17, 15) is 4.79 Å². The SMILES string of the molecule is CC(OCCCC1CCCN(C(=O)OC(C)(C)C)C1)c1cnccn1. The molecular weight excluding hydrogens is 318 g/mol. The molecule has 2 rings (SSSR count). The Labute approximate surface area is 150 Å². The summed E-state index contributed by atoms with van der Waals surface area (Å²) in [5, 5.41) is 0. The Bertz CT molecular complexity index is 530. The Hall–Kier alpha value is -1.69. The largest absolute Gasteiger partial charge is 0.444 e. The normalized spacial score (nSPS) is 19.5. The van der Waals surface area contributed by atoms with Gasteiger partial charge in [-0.15, -0.1) is 0 Å². The van der Waals surface area contributed by atoms with Crippen LogP contribution >= 0.6 is 0 Å². The monoisotopic (exact) mass is 349 g/mol. The molecular formula is C19H31N3O3. The zero-order valence-corrected chi connectivity index (χ0v) is 15.9. The number of ether oxygens (including phenoxy) is 2. The molecule has 0 radical (unpaired) electrons. The molecule has 2 heterocycles. The summed E-state index contributed by atoms with van der Waals surface area (Å²) in [5.74, 6) is 0.525. The van der Waals surface area contributed by atoms with E-state index in [2.05, 4.69) is 9.97 Å². The molecule has 25 heavy (non-hydrogen) atoms. The molecule has 6 heteroatoms. The summed E-state index contributed by atoms with van der Waals surface area (Å²) in [4.78, 5) is 22.4. The number of carbonyl (C=O) groups excluding carboxylic acids is 1. The minimum Gasteiger partial charge on any atom is -0.444 e. The van der Waals surface area contributed by atoms with Gasteiger partial charge in [-0.05, 0) is 59.3 Å². The lowest BCUT2D eigenvalue weighted by Crippen LogP contribution is -2.42. The van der Waals surface area contributed by atoms with Gasteiger partial charge in [-0.2, -0.15) is 0 Å². The van der Waals surface area contributed by atoms with E-state index in [1.54, 1.807) is 18.6 Å². The number of nitrogens with zero attached hydrogens (tertiary/aromatic N) is 3. The first-order valence-electron chi connectivity index (χ1n) is 9.20. The average molecular weight is 349 g/mol. The molecule has 2 atom stereocenters. The first-order chi connectivity index (χ1) is 11.8. The lowest BCUT2D eigenvalue weighted by atomic mass is 9.94. The van der Waals surface area contributed by atoms with E-state index in [1.807, 2.05) is 32.6 Å². The van der Waals surface area contributed by atoms with Crippen molar-refractivity contribution in [1.82, 2.24) is 14.9 Å². The second-order valence-corrected chi connectivity index (χ2v) is 7.72. The van der Waals surface area contributed by atoms with Crippen LogP contribution in [0.1, 0.15) is 65.2 Å². The lowest BCUT2D eigenvalue weighted by Gasteiger charge is -2.34. The number of rotatable bonds is 6. The lowest BCUT2D eigenvalue weighted by molar-refractivity contribution is 0.0148. The average Bonchev–Trinajstić information content (AvgIpc) is 2.58. The summed E-state index contributed by atoms with van der Waals surface area (Å²) in [6.45, 7) is 9.99. The van der Waals surface area contributed by atoms with Crippen molar-refractivity contribution in [3.63, 3.8) is 0 Å². The highest BCUT2D eigenvalue weighted by Crippen LogP contribution is 2.23. The standard InChI is InChI=1S/C19H31N3O3/c1-15(17-13-20-9-10-21-17)24-12-6-8-16-7-5-11-22(14-16)18(23)25-19(2,3)4/h9-10,13,15-16H,5-8,11-12,14H2,1-4H3. The van der Waals surface area contributed by atoms with E-state index in [0.717, 1.165) is 38.0 Å². The maximum atomic E-state index is 12.2. The fourth-order valence-corrected chi connectivity index (χ4v) is 3.03. The van der Waals surface area contributed by atoms with Gasteiger partial charge >= 0.3 is 6.09 Å². The molecule has 0 bridgehead atoms. The number of likely N-dealkylation sites (tertiary alicyclic amines) is 1. The molecule has 0 saturated carbocycles. The summed E-state index contributed by atoms with van der Waals surface area (Å²) >= 11 is 0. The smallest absolute Gasteiger partial charge is 0.410 e. The van der Waals surface area contributed by atoms with Crippen LogP contribution in [0.4, 0.5) is 4.79 Å². The number of piperidine rings is 1. The van der Waals surface area contributed by atoms with Gasteiger partial charge in [-0.3, -0.25) is 9.97 Å². The fourth-order valence-electron chi connectivity index (χ4n) is 3.03. The van der Waals surface area contributed by atoms with E-state index in [4.69, 9.17) is 9.47 Å². The first-order valence-corrected chi connectivity index (χ1v) is 9.20. The zero-order chi connectivity index (χ0) is 18.3. The molecule has 2 unspecified atom stereocenters. The van der Waals surface area contributed by atoms with Gasteiger partial charge < -0.3 is 14.4 Å². The Morgan fingerprint density at radius 1 is 1.40 bits per heavy atom. The number of amides is 1. The van der Waals surface area contributed by atoms with Crippen LogP contribution in [0.3, 0.4) is 0 Å². The van der Waals surface area contributed by atoms with Gasteiger partial charge in [-0.1, -0.05) is 0 Å². The van der Waals surface area contributed by atoms with Crippen molar-refractivity contribution >= 4 is 6.09 Å². The minimum atomic E-state index is -0.436. The summed E-state index contributed by atoms with van der Waals surface area (Å²) in [5.41, 5.74) is 0.421. The van der Waals surface area contributed by atoms with Crippen LogP contribution in [0.2, 0.25) is 0 Å². The molecule has 6 nitrogen and oxygen atoms in total. The van der Waals surface area contributed by atoms with Crippen molar-refractivity contribution in [3.8, 4) is 0 Å². The van der Waals surface area contributed by atoms with Gasteiger partial charge in [-0.25, -0.2) is 4.79 Å². The third-order valence-electron chi connectivity index (χ3n) is 4.29. The Morgan fingerprint density at radius 2 is 2.20 bits per heavy atom. The van der Waals surface area contributed by atoms with Gasteiger partial charge in [0.15, 0.2) is 0 Å². The molecule has 1 amide bonds. The van der Waals surface area contributed by atoms with E-state index < -0.39 is 5.60 Å². The van der Waals surface area contributed by atoms with Crippen molar-refractivity contribution in [1.29, 1.82) is 0 Å². The number of hydrogen-bond donors (Lipinski definition) is 0. The van der Waals surface area contributed by atoms with Gasteiger partial charge in [0.05, 0.1) is 18.0 Å². The summed E-state index contributed by atoms with van der Waals surface area (Å²) in [6.07, 6.45) is 9.11. The second-order valence-electron chi connectivity index (χ2n) is 7.72. The molecule has 140 valence electrons. The van der Waals surface area contributed by atoms with Crippen LogP contribution in [-0.2, 0) is 9.47 Å². The van der Waals surface area contributed by atoms with Crippen molar-refractivity contribution < 1.29 is 14.3 Å². The highest BCUT2D eigenvalue weighted by molar-refractivity contribution is 5.68. The highest BCUT2D eigenvalue weighted by atomic mass is 16.6. The van der Waals surface area contributed by atoms with Crippen molar-refractivity contribution in [2.75, 3.05) is 19.7 Å². The molecule has 0 N–H and O–H groups in total. The molecule has 1 aromatic heterocycles. The van der Waals surface area contributed by atoms with Crippen LogP contribution in [-0.4, -0.2) is 46.3 Å². The summed E-state index contributed by atoms with van der Waals surface area (Å²) in [7, 11) is 0. The minimum absolute atomic E-state index is 0.0432. The van der Waals surface area contributed by atoms with Crippen LogP contribution in [0.5, 0.6) is 0 Å². The van der Waals surface area contributed by atoms with Crippen molar-refractivity contribution in [3.05, 3.63) is 24.3 Å². The predicted molar refractivity (Wildman–Crippen MR) is 96.2 cm³/mol. The van der Waals surface area contributed by atoms with Gasteiger partial charge in [0.2, 0.25) is 0 Å². The Balaban J connectivity index is 1.68. The zero-order valence-electron chi connectivity index (χ0n) is 15.9. The van der Waals surface area contributed by atoms with Crippen LogP contribution in [0.15, 0.2) is 18.6 Å². The highest BCUT2D eigenvalue weighted by Gasteiger charge is 2.27. The summed E-state index contributed by atoms with van der Waals surface area (Å²) in [6, 6.07) is 0. The third-order valence-corrected chi connectivity index (χ3v) is 4.29. The number of hydrogen-bond acceptors (Lipinski definition) is 5. The molecule has 0 spiro atoms. The van der Waals surface area contributed by atoms with E-state index in [1.165, 1.54) is 6.42 Å². The molecule has 0 aliphatic carbocycles. The van der Waals surface area contributed by atoms with E-state index >= 15 is 0 Å². The topological polar surface area (TPSA) is 64.5 Å². The maximum absolute atomic E-state index is 12.2. The van der Waals surface area contributed by atoms with Gasteiger partial charge in [0.25, 0.3) is 0 Å². The van der Waals surface area contributed by atoms with Crippen molar-refractivity contribution in [2.45, 2.75) is 65.1 Å². The molecule has 0 aromatic carbocycles. The van der Waals surface area contributed by atoms with Crippen LogP contribution < -0.4 is 0 Å². The van der Waals surface area contributed by atoms with Gasteiger partial charge in [0.1, 0.15) is 5.60 Å². The number of carbonyl (C=O) groups is 1. The third kappa shape index (κ3) is 6.98. The van der Waals surface area contributed by atoms with Crippen LogP contribution in [0, 0.1) is 5.92 Å². The van der Waals surface area contributed by atoms with Crippen molar-refractivity contribution in [2.24, 2.45) is 5.92 Å². The number of aromatic nitrogens is 2. The fraction of sp³-hybridized carbons (Fsp3) is 0.737. The Morgan fingerprint density at radius 3 is 2.88 bits per heavy atom. The molecule has 1 saturated heterocycles. The second kappa shape index (κ2) is 9.13. The molecule has 1 aliphatic heterocycles. The molecule has 1 fully saturated rings. The predicted octanol–water partition coefficient (Wildman–Crippen LogP) is 3.98. The molecule has 1 aliphatic rings. The van der Waals surface area contributed by atoms with Crippen LogP contribution in [0.25, 0.3) is 0 Å². The quantitative estimate of drug-likeness (QED) is 0.727. The summed E-state index contributed by atoms with van der Waals surface area (Å²) < 4.78 is 11.3. The van der Waals surface area contributed by atoms with Gasteiger partial charge in [0, 0.05) is 32.1 Å². The Kier molecular flexibility index (Phi) is 7.17.